The Hall–Kier alpha value is -0.860. The SMILES string of the molecule is CC(C)C(N)C1CCN(Cc2ccccc2)C1. The second kappa shape index (κ2) is 5.65. The smallest absolute Gasteiger partial charge is 0.0233 e. The van der Waals surface area contributed by atoms with Crippen molar-refractivity contribution in [2.45, 2.75) is 32.9 Å². The van der Waals surface area contributed by atoms with E-state index in [0.29, 0.717) is 17.9 Å². The fourth-order valence-electron chi connectivity index (χ4n) is 2.71. The molecule has 1 saturated heterocycles. The lowest BCUT2D eigenvalue weighted by molar-refractivity contribution is 0.287. The summed E-state index contributed by atoms with van der Waals surface area (Å²) in [6, 6.07) is 11.1. The third-order valence-electron chi connectivity index (χ3n) is 3.87. The van der Waals surface area contributed by atoms with Crippen molar-refractivity contribution in [3.63, 3.8) is 0 Å². The largest absolute Gasteiger partial charge is 0.327 e. The zero-order chi connectivity index (χ0) is 12.3. The third-order valence-corrected chi connectivity index (χ3v) is 3.87. The average Bonchev–Trinajstić information content (AvgIpc) is 2.77. The number of hydrogen-bond acceptors (Lipinski definition) is 2. The van der Waals surface area contributed by atoms with E-state index < -0.39 is 0 Å². The molecule has 94 valence electrons. The van der Waals surface area contributed by atoms with Gasteiger partial charge in [0.15, 0.2) is 0 Å². The fourth-order valence-corrected chi connectivity index (χ4v) is 2.71. The number of rotatable bonds is 4. The molecule has 2 unspecified atom stereocenters. The maximum absolute atomic E-state index is 6.25. The van der Waals surface area contributed by atoms with Gasteiger partial charge in [-0.05, 0) is 30.4 Å². The molecule has 0 aliphatic carbocycles. The molecule has 2 atom stereocenters. The van der Waals surface area contributed by atoms with Crippen molar-refractivity contribution in [1.82, 2.24) is 4.90 Å². The summed E-state index contributed by atoms with van der Waals surface area (Å²) >= 11 is 0. The van der Waals surface area contributed by atoms with Gasteiger partial charge >= 0.3 is 0 Å². The normalized spacial score (nSPS) is 23.2. The summed E-state index contributed by atoms with van der Waals surface area (Å²) in [4.78, 5) is 2.53. The van der Waals surface area contributed by atoms with Gasteiger partial charge in [-0.2, -0.15) is 0 Å². The van der Waals surface area contributed by atoms with Gasteiger partial charge in [0, 0.05) is 19.1 Å². The van der Waals surface area contributed by atoms with Crippen LogP contribution in [0.3, 0.4) is 0 Å². The van der Waals surface area contributed by atoms with Crippen LogP contribution in [0.25, 0.3) is 0 Å². The van der Waals surface area contributed by atoms with Crippen molar-refractivity contribution in [3.05, 3.63) is 35.9 Å². The van der Waals surface area contributed by atoms with Gasteiger partial charge in [0.05, 0.1) is 0 Å². The molecule has 17 heavy (non-hydrogen) atoms. The zero-order valence-electron chi connectivity index (χ0n) is 11.0. The van der Waals surface area contributed by atoms with E-state index in [4.69, 9.17) is 5.73 Å². The molecule has 1 aromatic carbocycles. The topological polar surface area (TPSA) is 29.3 Å². The molecule has 2 nitrogen and oxygen atoms in total. The lowest BCUT2D eigenvalue weighted by Gasteiger charge is -2.23. The number of hydrogen-bond donors (Lipinski definition) is 1. The molecular formula is C15H24N2. The van der Waals surface area contributed by atoms with Crippen LogP contribution in [0, 0.1) is 11.8 Å². The van der Waals surface area contributed by atoms with Crippen LogP contribution in [0.1, 0.15) is 25.8 Å². The van der Waals surface area contributed by atoms with Gasteiger partial charge in [-0.25, -0.2) is 0 Å². The zero-order valence-corrected chi connectivity index (χ0v) is 11.0. The number of benzene rings is 1. The van der Waals surface area contributed by atoms with E-state index in [-0.39, 0.29) is 0 Å². The summed E-state index contributed by atoms with van der Waals surface area (Å²) in [7, 11) is 0. The molecule has 0 spiro atoms. The average molecular weight is 232 g/mol. The highest BCUT2D eigenvalue weighted by atomic mass is 15.1. The van der Waals surface area contributed by atoms with E-state index in [1.165, 1.54) is 18.5 Å². The van der Waals surface area contributed by atoms with Gasteiger partial charge in [-0.1, -0.05) is 44.2 Å². The first-order valence-electron chi connectivity index (χ1n) is 6.68. The highest BCUT2D eigenvalue weighted by Gasteiger charge is 2.28. The van der Waals surface area contributed by atoms with E-state index in [9.17, 15) is 0 Å². The van der Waals surface area contributed by atoms with Gasteiger partial charge in [0.1, 0.15) is 0 Å². The Morgan fingerprint density at radius 2 is 2.00 bits per heavy atom. The summed E-state index contributed by atoms with van der Waals surface area (Å²) in [5.74, 6) is 1.27. The molecule has 0 radical (unpaired) electrons. The van der Waals surface area contributed by atoms with Gasteiger partial charge < -0.3 is 5.73 Å². The van der Waals surface area contributed by atoms with E-state index in [1.807, 2.05) is 0 Å². The number of nitrogens with zero attached hydrogens (tertiary/aromatic N) is 1. The minimum absolute atomic E-state index is 0.357. The highest BCUT2D eigenvalue weighted by molar-refractivity contribution is 5.14. The van der Waals surface area contributed by atoms with Gasteiger partial charge in [0.2, 0.25) is 0 Å². The lowest BCUT2D eigenvalue weighted by atomic mass is 9.91. The molecule has 2 rings (SSSR count). The van der Waals surface area contributed by atoms with E-state index in [1.54, 1.807) is 0 Å². The molecule has 0 aromatic heterocycles. The molecule has 0 amide bonds. The lowest BCUT2D eigenvalue weighted by Crippen LogP contribution is -2.36. The van der Waals surface area contributed by atoms with Crippen LogP contribution >= 0.6 is 0 Å². The second-order valence-electron chi connectivity index (χ2n) is 5.59. The molecule has 1 aromatic rings. The molecular weight excluding hydrogens is 208 g/mol. The van der Waals surface area contributed by atoms with Crippen LogP contribution in [-0.4, -0.2) is 24.0 Å². The fraction of sp³-hybridized carbons (Fsp3) is 0.600. The summed E-state index contributed by atoms with van der Waals surface area (Å²) < 4.78 is 0. The predicted octanol–water partition coefficient (Wildman–Crippen LogP) is 2.49. The summed E-state index contributed by atoms with van der Waals surface area (Å²) in [5.41, 5.74) is 7.66. The highest BCUT2D eigenvalue weighted by Crippen LogP contribution is 2.23. The van der Waals surface area contributed by atoms with E-state index in [0.717, 1.165) is 13.1 Å². The van der Waals surface area contributed by atoms with Crippen LogP contribution < -0.4 is 5.73 Å². The standard InChI is InChI=1S/C15H24N2/c1-12(2)15(16)14-8-9-17(11-14)10-13-6-4-3-5-7-13/h3-7,12,14-15H,8-11,16H2,1-2H3. The quantitative estimate of drug-likeness (QED) is 0.864. The Balaban J connectivity index is 1.86. The van der Waals surface area contributed by atoms with Gasteiger partial charge in [-0.15, -0.1) is 0 Å². The van der Waals surface area contributed by atoms with Crippen LogP contribution in [0.15, 0.2) is 30.3 Å². The Labute approximate surface area is 105 Å². The Bertz CT molecular complexity index is 334. The monoisotopic (exact) mass is 232 g/mol. The summed E-state index contributed by atoms with van der Waals surface area (Å²) in [5, 5.41) is 0. The molecule has 1 fully saturated rings. The van der Waals surface area contributed by atoms with E-state index >= 15 is 0 Å². The first-order valence-corrected chi connectivity index (χ1v) is 6.68. The van der Waals surface area contributed by atoms with Crippen molar-refractivity contribution in [2.75, 3.05) is 13.1 Å². The molecule has 1 aliphatic rings. The molecule has 2 N–H and O–H groups in total. The molecule has 0 saturated carbocycles. The number of likely N-dealkylation sites (tertiary alicyclic amines) is 1. The Morgan fingerprint density at radius 3 is 2.65 bits per heavy atom. The summed E-state index contributed by atoms with van der Waals surface area (Å²) in [6.45, 7) is 7.88. The molecule has 0 bridgehead atoms. The van der Waals surface area contributed by atoms with Crippen LogP contribution in [-0.2, 0) is 6.54 Å². The third kappa shape index (κ3) is 3.30. The molecule has 1 aliphatic heterocycles. The number of nitrogens with two attached hydrogens (primary N) is 1. The summed E-state index contributed by atoms with van der Waals surface area (Å²) in [6.07, 6.45) is 1.26. The molecule has 1 heterocycles. The first-order chi connectivity index (χ1) is 8.16. The Kier molecular flexibility index (Phi) is 4.19. The van der Waals surface area contributed by atoms with Crippen LogP contribution in [0.2, 0.25) is 0 Å². The Morgan fingerprint density at radius 1 is 1.29 bits per heavy atom. The minimum atomic E-state index is 0.357. The second-order valence-corrected chi connectivity index (χ2v) is 5.59. The van der Waals surface area contributed by atoms with Crippen LogP contribution in [0.5, 0.6) is 0 Å². The van der Waals surface area contributed by atoms with Gasteiger partial charge in [0.25, 0.3) is 0 Å². The van der Waals surface area contributed by atoms with Crippen molar-refractivity contribution < 1.29 is 0 Å². The van der Waals surface area contributed by atoms with Gasteiger partial charge in [-0.3, -0.25) is 4.90 Å². The molecule has 2 heteroatoms. The van der Waals surface area contributed by atoms with Crippen molar-refractivity contribution in [1.29, 1.82) is 0 Å². The van der Waals surface area contributed by atoms with Crippen molar-refractivity contribution in [3.8, 4) is 0 Å². The predicted molar refractivity (Wildman–Crippen MR) is 72.6 cm³/mol. The minimum Gasteiger partial charge on any atom is -0.327 e. The van der Waals surface area contributed by atoms with E-state index in [2.05, 4.69) is 49.1 Å². The van der Waals surface area contributed by atoms with Crippen LogP contribution in [0.4, 0.5) is 0 Å². The maximum atomic E-state index is 6.25. The first kappa shape index (κ1) is 12.6. The van der Waals surface area contributed by atoms with Crippen molar-refractivity contribution in [2.24, 2.45) is 17.6 Å². The van der Waals surface area contributed by atoms with Crippen molar-refractivity contribution >= 4 is 0 Å². The maximum Gasteiger partial charge on any atom is 0.0233 e.